The number of nitrogens with one attached hydrogen (secondary N) is 1. The van der Waals surface area contributed by atoms with Gasteiger partial charge in [-0.15, -0.1) is 11.3 Å². The van der Waals surface area contributed by atoms with Gasteiger partial charge in [0.1, 0.15) is 4.83 Å². The van der Waals surface area contributed by atoms with E-state index in [9.17, 15) is 9.90 Å². The van der Waals surface area contributed by atoms with Crippen LogP contribution in [-0.4, -0.2) is 31.9 Å². The summed E-state index contributed by atoms with van der Waals surface area (Å²) in [5.41, 5.74) is 5.73. The van der Waals surface area contributed by atoms with Crippen molar-refractivity contribution in [2.45, 2.75) is 78.9 Å². The number of ether oxygens (including phenoxy) is 1. The molecule has 0 fully saturated rings. The van der Waals surface area contributed by atoms with E-state index in [0.717, 1.165) is 52.0 Å². The molecule has 1 aliphatic rings. The number of hydrogen-bond acceptors (Lipinski definition) is 5. The standard InChI is InChI=1S/C23H29N3O3S/c1-11-17(20(22(27)28)29-23(4,5)6)19(16-12(2)25-26-13(16)3)18-14-9-7-8-10-15(14)30-21(18)24-11/h20H,7-10H2,1-6H3,(H,25,26)(H,27,28). The van der Waals surface area contributed by atoms with Crippen LogP contribution in [0, 0.1) is 20.8 Å². The summed E-state index contributed by atoms with van der Waals surface area (Å²) >= 11 is 1.75. The number of hydrogen-bond donors (Lipinski definition) is 2. The van der Waals surface area contributed by atoms with Gasteiger partial charge in [-0.1, -0.05) is 0 Å². The molecule has 1 aliphatic carbocycles. The number of aromatic nitrogens is 3. The highest BCUT2D eigenvalue weighted by Crippen LogP contribution is 2.46. The fourth-order valence-corrected chi connectivity index (χ4v) is 5.82. The van der Waals surface area contributed by atoms with E-state index in [0.29, 0.717) is 11.3 Å². The minimum Gasteiger partial charge on any atom is -0.479 e. The second-order valence-corrected chi connectivity index (χ2v) is 10.2. The summed E-state index contributed by atoms with van der Waals surface area (Å²) in [6.45, 7) is 11.5. The van der Waals surface area contributed by atoms with E-state index in [4.69, 9.17) is 9.72 Å². The van der Waals surface area contributed by atoms with Gasteiger partial charge in [-0.2, -0.15) is 5.10 Å². The number of carboxylic acids is 1. The summed E-state index contributed by atoms with van der Waals surface area (Å²) in [7, 11) is 0. The SMILES string of the molecule is Cc1n[nH]c(C)c1-c1c(C(OC(C)(C)C)C(=O)O)c(C)nc2sc3c(c12)CCCC3. The predicted octanol–water partition coefficient (Wildman–Crippen LogP) is 5.43. The molecular weight excluding hydrogens is 398 g/mol. The molecule has 30 heavy (non-hydrogen) atoms. The van der Waals surface area contributed by atoms with Crippen molar-refractivity contribution in [3.05, 3.63) is 33.1 Å². The molecule has 3 aromatic heterocycles. The molecule has 0 aromatic carbocycles. The van der Waals surface area contributed by atoms with Gasteiger partial charge in [-0.25, -0.2) is 9.78 Å². The van der Waals surface area contributed by atoms with E-state index in [-0.39, 0.29) is 0 Å². The fraction of sp³-hybridized carbons (Fsp3) is 0.522. The van der Waals surface area contributed by atoms with Crippen molar-refractivity contribution in [1.82, 2.24) is 15.2 Å². The Morgan fingerprint density at radius 2 is 1.83 bits per heavy atom. The molecule has 0 aliphatic heterocycles. The molecule has 4 rings (SSSR count). The summed E-state index contributed by atoms with van der Waals surface area (Å²) in [5.74, 6) is -1.00. The second-order valence-electron chi connectivity index (χ2n) is 9.13. The molecule has 7 heteroatoms. The Morgan fingerprint density at radius 1 is 1.13 bits per heavy atom. The molecule has 0 bridgehead atoms. The van der Waals surface area contributed by atoms with Gasteiger partial charge in [-0.05, 0) is 72.8 Å². The molecule has 0 saturated carbocycles. The lowest BCUT2D eigenvalue weighted by atomic mass is 9.87. The van der Waals surface area contributed by atoms with Crippen molar-refractivity contribution in [2.24, 2.45) is 0 Å². The number of aryl methyl sites for hydroxylation is 5. The highest BCUT2D eigenvalue weighted by atomic mass is 32.1. The van der Waals surface area contributed by atoms with Gasteiger partial charge in [0, 0.05) is 38.3 Å². The number of thiophene rings is 1. The molecule has 160 valence electrons. The van der Waals surface area contributed by atoms with Gasteiger partial charge in [0.15, 0.2) is 6.10 Å². The summed E-state index contributed by atoms with van der Waals surface area (Å²) in [5, 5.41) is 18.7. The number of carboxylic acid groups (broad SMARTS) is 1. The van der Waals surface area contributed by atoms with E-state index < -0.39 is 17.7 Å². The van der Waals surface area contributed by atoms with Gasteiger partial charge >= 0.3 is 5.97 Å². The molecule has 1 atom stereocenters. The summed E-state index contributed by atoms with van der Waals surface area (Å²) in [6, 6.07) is 0. The van der Waals surface area contributed by atoms with Gasteiger partial charge < -0.3 is 9.84 Å². The third-order valence-corrected chi connectivity index (χ3v) is 6.85. The highest BCUT2D eigenvalue weighted by molar-refractivity contribution is 7.19. The monoisotopic (exact) mass is 427 g/mol. The van der Waals surface area contributed by atoms with Crippen LogP contribution >= 0.6 is 11.3 Å². The predicted molar refractivity (Wildman–Crippen MR) is 119 cm³/mol. The van der Waals surface area contributed by atoms with Crippen LogP contribution in [-0.2, 0) is 22.4 Å². The molecule has 0 spiro atoms. The summed E-state index contributed by atoms with van der Waals surface area (Å²) in [4.78, 5) is 19.7. The van der Waals surface area contributed by atoms with Crippen LogP contribution in [0.2, 0.25) is 0 Å². The Morgan fingerprint density at radius 3 is 2.43 bits per heavy atom. The molecule has 2 N–H and O–H groups in total. The Labute approximate surface area is 180 Å². The van der Waals surface area contributed by atoms with E-state index in [1.54, 1.807) is 11.3 Å². The first-order valence-electron chi connectivity index (χ1n) is 10.5. The third-order valence-electron chi connectivity index (χ3n) is 5.67. The first-order chi connectivity index (χ1) is 14.1. The Bertz CT molecular complexity index is 1120. The van der Waals surface area contributed by atoms with Crippen molar-refractivity contribution in [3.63, 3.8) is 0 Å². The fourth-order valence-electron chi connectivity index (χ4n) is 4.50. The van der Waals surface area contributed by atoms with Crippen molar-refractivity contribution in [2.75, 3.05) is 0 Å². The van der Waals surface area contributed by atoms with Gasteiger partial charge in [0.2, 0.25) is 0 Å². The van der Waals surface area contributed by atoms with Crippen LogP contribution in [0.1, 0.15) is 72.8 Å². The summed E-state index contributed by atoms with van der Waals surface area (Å²) < 4.78 is 6.09. The number of carbonyl (C=O) groups is 1. The maximum atomic E-state index is 12.4. The molecule has 0 radical (unpaired) electrons. The summed E-state index contributed by atoms with van der Waals surface area (Å²) in [6.07, 6.45) is 3.29. The topological polar surface area (TPSA) is 88.1 Å². The highest BCUT2D eigenvalue weighted by Gasteiger charge is 2.35. The Kier molecular flexibility index (Phi) is 5.22. The molecule has 6 nitrogen and oxygen atoms in total. The Balaban J connectivity index is 2.13. The Hall–Kier alpha value is -2.25. The lowest BCUT2D eigenvalue weighted by molar-refractivity contribution is -0.160. The average molecular weight is 428 g/mol. The normalized spacial score (nSPS) is 15.4. The van der Waals surface area contributed by atoms with Crippen molar-refractivity contribution in [1.29, 1.82) is 0 Å². The number of aliphatic carboxylic acids is 1. The lowest BCUT2D eigenvalue weighted by Crippen LogP contribution is -2.28. The minimum atomic E-state index is -1.11. The average Bonchev–Trinajstić information content (AvgIpc) is 3.17. The lowest BCUT2D eigenvalue weighted by Gasteiger charge is -2.28. The van der Waals surface area contributed by atoms with Crippen LogP contribution in [0.15, 0.2) is 0 Å². The number of fused-ring (bicyclic) bond motifs is 3. The zero-order valence-corrected chi connectivity index (χ0v) is 19.3. The minimum absolute atomic E-state index is 0.615. The van der Waals surface area contributed by atoms with Crippen molar-refractivity contribution >= 4 is 27.5 Å². The molecule has 0 amide bonds. The van der Waals surface area contributed by atoms with Gasteiger partial charge in [0.05, 0.1) is 11.3 Å². The van der Waals surface area contributed by atoms with Gasteiger partial charge in [-0.3, -0.25) is 5.10 Å². The third kappa shape index (κ3) is 3.54. The number of nitrogens with zero attached hydrogens (tertiary/aromatic N) is 2. The maximum absolute atomic E-state index is 12.4. The van der Waals surface area contributed by atoms with E-state index >= 15 is 0 Å². The van der Waals surface area contributed by atoms with Crippen LogP contribution in [0.3, 0.4) is 0 Å². The molecular formula is C23H29N3O3S. The first-order valence-corrected chi connectivity index (χ1v) is 11.3. The van der Waals surface area contributed by atoms with E-state index in [1.807, 2.05) is 41.5 Å². The number of H-pyrrole nitrogens is 1. The smallest absolute Gasteiger partial charge is 0.337 e. The van der Waals surface area contributed by atoms with E-state index in [1.165, 1.54) is 16.9 Å². The van der Waals surface area contributed by atoms with Crippen molar-refractivity contribution < 1.29 is 14.6 Å². The molecule has 3 aromatic rings. The van der Waals surface area contributed by atoms with Crippen LogP contribution in [0.25, 0.3) is 21.3 Å². The zero-order valence-electron chi connectivity index (χ0n) is 18.5. The molecule has 0 saturated heterocycles. The van der Waals surface area contributed by atoms with Crippen LogP contribution in [0.5, 0.6) is 0 Å². The van der Waals surface area contributed by atoms with E-state index in [2.05, 4.69) is 10.2 Å². The molecule has 1 unspecified atom stereocenters. The first kappa shape index (κ1) is 21.0. The second kappa shape index (κ2) is 7.46. The zero-order chi connectivity index (χ0) is 21.8. The van der Waals surface area contributed by atoms with Crippen molar-refractivity contribution in [3.8, 4) is 11.1 Å². The largest absolute Gasteiger partial charge is 0.479 e. The van der Waals surface area contributed by atoms with Gasteiger partial charge in [0.25, 0.3) is 0 Å². The number of aromatic amines is 1. The van der Waals surface area contributed by atoms with Crippen LogP contribution < -0.4 is 0 Å². The number of pyridine rings is 1. The number of rotatable bonds is 4. The maximum Gasteiger partial charge on any atom is 0.337 e. The quantitative estimate of drug-likeness (QED) is 0.579. The molecule has 3 heterocycles. The van der Waals surface area contributed by atoms with Crippen LogP contribution in [0.4, 0.5) is 0 Å².